The van der Waals surface area contributed by atoms with Crippen LogP contribution in [0, 0.1) is 0 Å². The summed E-state index contributed by atoms with van der Waals surface area (Å²) in [5, 5.41) is 12.4. The number of nitrogens with zero attached hydrogens (tertiary/aromatic N) is 1. The van der Waals surface area contributed by atoms with Crippen molar-refractivity contribution in [1.29, 1.82) is 0 Å². The third-order valence-corrected chi connectivity index (χ3v) is 3.49. The fourth-order valence-electron chi connectivity index (χ4n) is 2.15. The van der Waals surface area contributed by atoms with Crippen molar-refractivity contribution < 1.29 is 14.6 Å². The zero-order chi connectivity index (χ0) is 15.9. The zero-order valence-electron chi connectivity index (χ0n) is 12.7. The zero-order valence-corrected chi connectivity index (χ0v) is 12.7. The van der Waals surface area contributed by atoms with E-state index in [9.17, 15) is 9.90 Å². The van der Waals surface area contributed by atoms with E-state index in [-0.39, 0.29) is 12.6 Å². The first kappa shape index (κ1) is 15.9. The molecule has 0 fully saturated rings. The second-order valence-corrected chi connectivity index (χ2v) is 4.88. The fourth-order valence-corrected chi connectivity index (χ4v) is 2.15. The normalized spacial score (nSPS) is 11.6. The predicted molar refractivity (Wildman–Crippen MR) is 86.0 cm³/mol. The number of likely N-dealkylation sites (N-methyl/N-ethyl adjacent to an activating group) is 1. The Labute approximate surface area is 130 Å². The van der Waals surface area contributed by atoms with Crippen LogP contribution < -0.4 is 10.1 Å². The molecule has 0 aliphatic rings. The standard InChI is InChI=1S/C17H20N2O3/c1-19(17(21)18-14-6-4-3-5-7-14)16(12-20)13-8-10-15(22-2)11-9-13/h3-11,16,20H,12H2,1-2H3,(H,18,21). The summed E-state index contributed by atoms with van der Waals surface area (Å²) >= 11 is 0. The third-order valence-electron chi connectivity index (χ3n) is 3.49. The lowest BCUT2D eigenvalue weighted by Crippen LogP contribution is -2.36. The van der Waals surface area contributed by atoms with Gasteiger partial charge in [-0.3, -0.25) is 0 Å². The number of hydrogen-bond acceptors (Lipinski definition) is 3. The number of carbonyl (C=O) groups excluding carboxylic acids is 1. The number of carbonyl (C=O) groups is 1. The van der Waals surface area contributed by atoms with E-state index in [1.165, 1.54) is 4.90 Å². The van der Waals surface area contributed by atoms with E-state index in [1.807, 2.05) is 42.5 Å². The van der Waals surface area contributed by atoms with Crippen molar-refractivity contribution >= 4 is 11.7 Å². The highest BCUT2D eigenvalue weighted by atomic mass is 16.5. The van der Waals surface area contributed by atoms with Crippen molar-refractivity contribution in [3.05, 3.63) is 60.2 Å². The summed E-state index contributed by atoms with van der Waals surface area (Å²) < 4.78 is 5.11. The molecule has 2 aromatic carbocycles. The Morgan fingerprint density at radius 2 is 1.82 bits per heavy atom. The van der Waals surface area contributed by atoms with Crippen molar-refractivity contribution in [2.45, 2.75) is 6.04 Å². The molecular formula is C17H20N2O3. The Balaban J connectivity index is 2.10. The number of benzene rings is 2. The average Bonchev–Trinajstić information content (AvgIpc) is 2.57. The Bertz CT molecular complexity index is 599. The quantitative estimate of drug-likeness (QED) is 0.892. The Kier molecular flexibility index (Phi) is 5.38. The second-order valence-electron chi connectivity index (χ2n) is 4.88. The number of methoxy groups -OCH3 is 1. The van der Waals surface area contributed by atoms with E-state index >= 15 is 0 Å². The van der Waals surface area contributed by atoms with Crippen molar-refractivity contribution in [3.8, 4) is 5.75 Å². The lowest BCUT2D eigenvalue weighted by molar-refractivity contribution is 0.159. The van der Waals surface area contributed by atoms with E-state index in [0.717, 1.165) is 11.3 Å². The molecule has 2 N–H and O–H groups in total. The maximum absolute atomic E-state index is 12.3. The van der Waals surface area contributed by atoms with Crippen LogP contribution in [0.4, 0.5) is 10.5 Å². The van der Waals surface area contributed by atoms with E-state index < -0.39 is 6.04 Å². The molecule has 0 saturated heterocycles. The summed E-state index contributed by atoms with van der Waals surface area (Å²) in [5.74, 6) is 0.733. The first-order chi connectivity index (χ1) is 10.7. The van der Waals surface area contributed by atoms with Crippen LogP contribution in [0.1, 0.15) is 11.6 Å². The molecule has 1 unspecified atom stereocenters. The van der Waals surface area contributed by atoms with Gasteiger partial charge in [-0.25, -0.2) is 4.79 Å². The molecular weight excluding hydrogens is 280 g/mol. The molecule has 5 nitrogen and oxygen atoms in total. The molecule has 2 aromatic rings. The smallest absolute Gasteiger partial charge is 0.322 e. The minimum Gasteiger partial charge on any atom is -0.497 e. The molecule has 0 aliphatic heterocycles. The van der Waals surface area contributed by atoms with Gasteiger partial charge in [-0.2, -0.15) is 0 Å². The fraction of sp³-hybridized carbons (Fsp3) is 0.235. The van der Waals surface area contributed by atoms with Crippen molar-refractivity contribution in [3.63, 3.8) is 0 Å². The largest absolute Gasteiger partial charge is 0.497 e. The molecule has 0 saturated carbocycles. The monoisotopic (exact) mass is 300 g/mol. The first-order valence-corrected chi connectivity index (χ1v) is 6.99. The maximum Gasteiger partial charge on any atom is 0.322 e. The summed E-state index contributed by atoms with van der Waals surface area (Å²) in [5.41, 5.74) is 1.56. The Morgan fingerprint density at radius 3 is 2.36 bits per heavy atom. The van der Waals surface area contributed by atoms with Crippen LogP contribution in [0.5, 0.6) is 5.75 Å². The van der Waals surface area contributed by atoms with Crippen molar-refractivity contribution in [2.24, 2.45) is 0 Å². The molecule has 0 aromatic heterocycles. The number of nitrogens with one attached hydrogen (secondary N) is 1. The van der Waals surface area contributed by atoms with Crippen LogP contribution >= 0.6 is 0 Å². The molecule has 22 heavy (non-hydrogen) atoms. The van der Waals surface area contributed by atoms with Gasteiger partial charge in [0.2, 0.25) is 0 Å². The van der Waals surface area contributed by atoms with Gasteiger partial charge in [-0.05, 0) is 29.8 Å². The van der Waals surface area contributed by atoms with Crippen LogP contribution in [0.25, 0.3) is 0 Å². The van der Waals surface area contributed by atoms with Crippen LogP contribution in [0.3, 0.4) is 0 Å². The number of hydrogen-bond donors (Lipinski definition) is 2. The summed E-state index contributed by atoms with van der Waals surface area (Å²) in [6, 6.07) is 15.8. The van der Waals surface area contributed by atoms with Crippen molar-refractivity contribution in [2.75, 3.05) is 26.1 Å². The molecule has 0 spiro atoms. The summed E-state index contributed by atoms with van der Waals surface area (Å²) in [6.45, 7) is -0.162. The number of amides is 2. The molecule has 0 aliphatic carbocycles. The second kappa shape index (κ2) is 7.47. The number of urea groups is 1. The van der Waals surface area contributed by atoms with Crippen LogP contribution in [0.2, 0.25) is 0 Å². The van der Waals surface area contributed by atoms with E-state index in [4.69, 9.17) is 4.74 Å². The molecule has 5 heteroatoms. The van der Waals surface area contributed by atoms with Gasteiger partial charge < -0.3 is 20.1 Å². The van der Waals surface area contributed by atoms with Gasteiger partial charge in [0.25, 0.3) is 0 Å². The highest BCUT2D eigenvalue weighted by Crippen LogP contribution is 2.22. The SMILES string of the molecule is COc1ccc(C(CO)N(C)C(=O)Nc2ccccc2)cc1. The Hall–Kier alpha value is -2.53. The van der Waals surface area contributed by atoms with Gasteiger partial charge in [0.05, 0.1) is 19.8 Å². The summed E-state index contributed by atoms with van der Waals surface area (Å²) in [7, 11) is 3.25. The number of para-hydroxylation sites is 1. The molecule has 2 rings (SSSR count). The van der Waals surface area contributed by atoms with Gasteiger partial charge in [0.15, 0.2) is 0 Å². The predicted octanol–water partition coefficient (Wildman–Crippen LogP) is 2.89. The lowest BCUT2D eigenvalue weighted by atomic mass is 10.1. The number of aliphatic hydroxyl groups excluding tert-OH is 1. The molecule has 1 atom stereocenters. The summed E-state index contributed by atoms with van der Waals surface area (Å²) in [4.78, 5) is 13.8. The van der Waals surface area contributed by atoms with E-state index in [1.54, 1.807) is 26.3 Å². The van der Waals surface area contributed by atoms with E-state index in [0.29, 0.717) is 5.69 Å². The minimum absolute atomic E-state index is 0.162. The highest BCUT2D eigenvalue weighted by molar-refractivity contribution is 5.89. The lowest BCUT2D eigenvalue weighted by Gasteiger charge is -2.27. The molecule has 0 bridgehead atoms. The van der Waals surface area contributed by atoms with Gasteiger partial charge >= 0.3 is 6.03 Å². The Morgan fingerprint density at radius 1 is 1.18 bits per heavy atom. The van der Waals surface area contributed by atoms with Gasteiger partial charge in [0.1, 0.15) is 5.75 Å². The number of aliphatic hydroxyl groups is 1. The first-order valence-electron chi connectivity index (χ1n) is 6.99. The molecule has 0 heterocycles. The number of rotatable bonds is 5. The van der Waals surface area contributed by atoms with Gasteiger partial charge in [0, 0.05) is 12.7 Å². The number of ether oxygens (including phenoxy) is 1. The maximum atomic E-state index is 12.3. The van der Waals surface area contributed by atoms with Gasteiger partial charge in [-0.15, -0.1) is 0 Å². The average molecular weight is 300 g/mol. The number of anilines is 1. The third kappa shape index (κ3) is 3.77. The summed E-state index contributed by atoms with van der Waals surface area (Å²) in [6.07, 6.45) is 0. The molecule has 0 radical (unpaired) electrons. The van der Waals surface area contributed by atoms with E-state index in [2.05, 4.69) is 5.32 Å². The van der Waals surface area contributed by atoms with Crippen molar-refractivity contribution in [1.82, 2.24) is 4.90 Å². The highest BCUT2D eigenvalue weighted by Gasteiger charge is 2.21. The topological polar surface area (TPSA) is 61.8 Å². The van der Waals surface area contributed by atoms with Gasteiger partial charge in [-0.1, -0.05) is 30.3 Å². The molecule has 2 amide bonds. The van der Waals surface area contributed by atoms with Crippen LogP contribution in [-0.4, -0.2) is 36.8 Å². The van der Waals surface area contributed by atoms with Crippen LogP contribution in [0.15, 0.2) is 54.6 Å². The molecule has 116 valence electrons. The van der Waals surface area contributed by atoms with Crippen LogP contribution in [-0.2, 0) is 0 Å². The minimum atomic E-state index is -0.422.